The number of nitrogens with one attached hydrogen (secondary N) is 8. The summed E-state index contributed by atoms with van der Waals surface area (Å²) in [5, 5.41) is 18.0. The van der Waals surface area contributed by atoms with Crippen LogP contribution in [-0.4, -0.2) is 104 Å². The molecule has 8 bridgehead atoms. The van der Waals surface area contributed by atoms with E-state index in [-0.39, 0.29) is 87.3 Å². The number of furan rings is 1. The Morgan fingerprint density at radius 2 is 0.667 bits per heavy atom. The molecule has 18 aromatic rings. The van der Waals surface area contributed by atoms with Crippen LogP contribution >= 0.6 is 11.3 Å². The fourth-order valence-corrected chi connectivity index (χ4v) is 25.7. The molecule has 31 heteroatoms. The van der Waals surface area contributed by atoms with Gasteiger partial charge in [0.15, 0.2) is 81.3 Å². The fourth-order valence-electron chi connectivity index (χ4n) is 24.7. The van der Waals surface area contributed by atoms with Crippen LogP contribution in [0.3, 0.4) is 0 Å². The van der Waals surface area contributed by atoms with Crippen molar-refractivity contribution in [3.8, 4) is 90.1 Å². The number of anilines is 4. The number of aromatic nitrogens is 16. The van der Waals surface area contributed by atoms with Crippen molar-refractivity contribution in [3.63, 3.8) is 0 Å². The Labute approximate surface area is 829 Å². The molecule has 0 saturated heterocycles. The third-order valence-corrected chi connectivity index (χ3v) is 33.8. The van der Waals surface area contributed by atoms with Crippen LogP contribution in [0.15, 0.2) is 187 Å². The van der Waals surface area contributed by atoms with Gasteiger partial charge in [0, 0.05) is 114 Å². The molecule has 12 saturated carbocycles. The van der Waals surface area contributed by atoms with Gasteiger partial charge in [-0.25, -0.2) is 99.8 Å². The van der Waals surface area contributed by atoms with Crippen molar-refractivity contribution in [1.29, 1.82) is 0 Å². The number of hydrogen-bond acceptors (Lipinski definition) is 18. The number of H-pyrrole nitrogens is 4. The lowest BCUT2D eigenvalue weighted by Gasteiger charge is -2.47. The van der Waals surface area contributed by atoms with Crippen molar-refractivity contribution < 1.29 is 39.5 Å². The van der Waals surface area contributed by atoms with E-state index < -0.39 is 46.5 Å². The molecule has 8 N–H and O–H groups in total. The second kappa shape index (κ2) is 38.0. The third kappa shape index (κ3) is 17.7. The summed E-state index contributed by atoms with van der Waals surface area (Å²) in [6.45, 7) is 22.7. The Kier molecular flexibility index (Phi) is 24.6. The molecule has 0 amide bonds. The Bertz CT molecular complexity index is 7630. The summed E-state index contributed by atoms with van der Waals surface area (Å²) in [6, 6.07) is 40.0. The maximum Gasteiger partial charge on any atom is 0.194 e. The van der Waals surface area contributed by atoms with Crippen molar-refractivity contribution in [2.75, 3.05) is 21.3 Å². The van der Waals surface area contributed by atoms with Crippen LogP contribution in [0, 0.1) is 124 Å². The van der Waals surface area contributed by atoms with Crippen LogP contribution in [0.4, 0.5) is 64.1 Å². The average molecular weight is 1960 g/mol. The molecule has 12 aliphatic carbocycles. The Morgan fingerprint density at radius 1 is 0.354 bits per heavy atom. The lowest BCUT2D eigenvalue weighted by Crippen LogP contribution is -2.47. The van der Waals surface area contributed by atoms with Crippen LogP contribution in [-0.2, 0) is 5.41 Å². The fraction of sp³-hybridized carbons (Fsp3) is 0.354. The summed E-state index contributed by atoms with van der Waals surface area (Å²) >= 11 is 1.51. The number of nitrogens with zero attached hydrogens (tertiary/aromatic N) is 13. The standard InChI is InChI=1S/C30H33F2N5.C28H25F2N5O.C28H25F2N5S.C27H24F2N6/c1-16-17-5-7-18(8-6-17)25(16)35-29-24(32)26(19-9-11-20(12-10-19)30(2,3)4)36-28(37-29)23-15-34-27-22(23)13-21(31)14-33-27;2*1-14-15-6-8-16(9-7-15)24(14)33-28-23(30)25(22-10-17-4-2-3-5-21(17)36-22)34-27(35-28)20-13-32-26-19(20)11-18(29)12-31-26;1-14-15-3-5-16(6-4-15)23(14)33-27-22(29)24(17-7-9-19(30-2)10-8-17)34-26(35-27)21-13-32-25-20(21)11-18(28)12-31-25/h9-18,25H,5-8H2,1-4H3,(H,33,34)(H,35,36,37);2*2-5,10-16,24H,6-9H2,1H3,(H,31,32)(H,33,34,35);7-16,23H,3-6H2,1H3,(H,31,32)(H,33,34,35). The van der Waals surface area contributed by atoms with Gasteiger partial charge < -0.3 is 45.6 Å². The number of fused-ring (bicyclic) bond motifs is 18. The summed E-state index contributed by atoms with van der Waals surface area (Å²) in [7, 11) is 0. The van der Waals surface area contributed by atoms with Gasteiger partial charge in [-0.05, 0) is 239 Å². The maximum atomic E-state index is 16.1. The minimum Gasteiger partial charge on any atom is -0.454 e. The molecular weight excluding hydrogens is 1850 g/mol. The van der Waals surface area contributed by atoms with Crippen LogP contribution in [0.1, 0.15) is 157 Å². The predicted molar refractivity (Wildman–Crippen MR) is 548 cm³/mol. The molecule has 0 radical (unpaired) electrons. The van der Waals surface area contributed by atoms with Crippen LogP contribution < -0.4 is 21.3 Å². The minimum absolute atomic E-state index is 0.0157. The van der Waals surface area contributed by atoms with Gasteiger partial charge >= 0.3 is 0 Å². The number of para-hydroxylation sites is 1. The van der Waals surface area contributed by atoms with Gasteiger partial charge in [0.25, 0.3) is 0 Å². The van der Waals surface area contributed by atoms with Gasteiger partial charge in [0.05, 0.1) is 36.2 Å². The molecule has 8 unspecified atom stereocenters. The van der Waals surface area contributed by atoms with Gasteiger partial charge in [-0.1, -0.05) is 133 Å². The van der Waals surface area contributed by atoms with Gasteiger partial charge in [0.2, 0.25) is 0 Å². The number of hydrogen-bond donors (Lipinski definition) is 8. The van der Waals surface area contributed by atoms with Crippen molar-refractivity contribution >= 4 is 105 Å². The van der Waals surface area contributed by atoms with Gasteiger partial charge in [-0.2, -0.15) is 0 Å². The Hall–Kier alpha value is -14.4. The number of halogens is 8. The maximum absolute atomic E-state index is 16.1. The normalized spacial score (nSPS) is 23.5. The minimum atomic E-state index is -0.546. The SMILES string of the molecule is CC1C2CCC(CC2)C1Nc1nc(-c2c[nH]c3ncc(F)cc23)nc(-c2cc3ccccc3o2)c1F.CC1C2CCC(CC2)C1Nc1nc(-c2c[nH]c3ncc(F)cc23)nc(-c2cc3ccccc3s2)c1F.CC1C2CCC(CC2)C1Nc1nc(-c2c[nH]c3ncc(F)cc23)nc(-c2ccc(C(C)(C)C)cc2)c1F.[C-]#[N+]c1ccc(-c2nc(-c3c[nH]c4ncc(F)cc34)nc(NC3C4CCC(CC4)C3C)c2F)cc1. The highest BCUT2D eigenvalue weighted by atomic mass is 32.1. The lowest BCUT2D eigenvalue weighted by atomic mass is 9.62. The zero-order valence-electron chi connectivity index (χ0n) is 80.5. The zero-order valence-corrected chi connectivity index (χ0v) is 81.3. The highest BCUT2D eigenvalue weighted by molar-refractivity contribution is 7.22. The number of rotatable bonds is 16. The topological polar surface area (TPSA) is 283 Å². The second-order valence-electron chi connectivity index (χ2n) is 41.8. The van der Waals surface area contributed by atoms with E-state index in [4.69, 9.17) is 16.0 Å². The second-order valence-corrected chi connectivity index (χ2v) is 42.9. The van der Waals surface area contributed by atoms with E-state index in [1.54, 1.807) is 55.1 Å². The summed E-state index contributed by atoms with van der Waals surface area (Å²) in [4.78, 5) is 70.0. The molecule has 4 aromatic carbocycles. The third-order valence-electron chi connectivity index (χ3n) is 32.7. The molecule has 0 aliphatic heterocycles. The van der Waals surface area contributed by atoms with E-state index >= 15 is 17.6 Å². The number of benzene rings is 4. The van der Waals surface area contributed by atoms with Crippen molar-refractivity contribution in [1.82, 2.24) is 79.7 Å². The molecule has 12 fully saturated rings. The molecule has 144 heavy (non-hydrogen) atoms. The molecule has 8 atom stereocenters. The first-order valence-electron chi connectivity index (χ1n) is 50.3. The van der Waals surface area contributed by atoms with Crippen molar-refractivity contribution in [2.24, 2.45) is 71.0 Å². The molecular formula is C113H107F8N21OS. The summed E-state index contributed by atoms with van der Waals surface area (Å²) in [6.07, 6.45) is 30.6. The summed E-state index contributed by atoms with van der Waals surface area (Å²) < 4.78 is 128. The van der Waals surface area contributed by atoms with Crippen LogP contribution in [0.5, 0.6) is 0 Å². The lowest BCUT2D eigenvalue weighted by molar-refractivity contribution is 0.0926. The Balaban J connectivity index is 0.000000106. The molecule has 12 aliphatic rings. The highest BCUT2D eigenvalue weighted by Gasteiger charge is 2.47. The van der Waals surface area contributed by atoms with Crippen LogP contribution in [0.2, 0.25) is 0 Å². The first kappa shape index (κ1) is 93.2. The predicted octanol–water partition coefficient (Wildman–Crippen LogP) is 28.6. The smallest absolute Gasteiger partial charge is 0.194 e. The number of thiophene rings is 1. The van der Waals surface area contributed by atoms with Crippen LogP contribution in [0.25, 0.3) is 160 Å². The first-order valence-corrected chi connectivity index (χ1v) is 51.1. The Morgan fingerprint density at radius 3 is 1.01 bits per heavy atom. The van der Waals surface area contributed by atoms with E-state index in [1.807, 2.05) is 78.9 Å². The number of pyridine rings is 4. The van der Waals surface area contributed by atoms with Crippen molar-refractivity contribution in [2.45, 2.75) is 181 Å². The van der Waals surface area contributed by atoms with E-state index in [1.165, 1.54) is 125 Å². The van der Waals surface area contributed by atoms with E-state index in [2.05, 4.69) is 149 Å². The molecule has 30 rings (SSSR count). The molecule has 22 nitrogen and oxygen atoms in total. The first-order chi connectivity index (χ1) is 69.8. The van der Waals surface area contributed by atoms with E-state index in [0.29, 0.717) is 177 Å². The monoisotopic (exact) mass is 1960 g/mol. The average Bonchev–Trinajstić information content (AvgIpc) is 1.53. The van der Waals surface area contributed by atoms with E-state index in [9.17, 15) is 17.6 Å². The van der Waals surface area contributed by atoms with Gasteiger partial charge in [-0.15, -0.1) is 11.3 Å². The summed E-state index contributed by atoms with van der Waals surface area (Å²) in [5.74, 6) is 4.90. The summed E-state index contributed by atoms with van der Waals surface area (Å²) in [5.41, 5.74) is 8.58. The molecule has 732 valence electrons. The van der Waals surface area contributed by atoms with E-state index in [0.717, 1.165) is 64.0 Å². The molecule has 14 aromatic heterocycles. The largest absolute Gasteiger partial charge is 0.454 e. The van der Waals surface area contributed by atoms with Gasteiger partial charge in [-0.3, -0.25) is 0 Å². The molecule has 14 heterocycles. The van der Waals surface area contributed by atoms with Gasteiger partial charge in [0.1, 0.15) is 74.2 Å². The number of aromatic amines is 4. The highest BCUT2D eigenvalue weighted by Crippen LogP contribution is 2.53. The van der Waals surface area contributed by atoms with Crippen molar-refractivity contribution in [3.05, 3.63) is 247 Å². The quantitative estimate of drug-likeness (QED) is 0.0330. The molecule has 0 spiro atoms. The zero-order chi connectivity index (χ0) is 98.8.